The molecule has 0 atom stereocenters. The van der Waals surface area contributed by atoms with Crippen molar-refractivity contribution in [3.05, 3.63) is 83.7 Å². The molecular weight excluding hydrogens is 438 g/mol. The fraction of sp³-hybridized carbons (Fsp3) is 0.0952. The number of nitrogens with zero attached hydrogens (tertiary/aromatic N) is 4. The summed E-state index contributed by atoms with van der Waals surface area (Å²) in [6.45, 7) is 3.48. The first-order valence-electron chi connectivity index (χ1n) is 9.21. The first-order chi connectivity index (χ1) is 14.8. The quantitative estimate of drug-likeness (QED) is 0.458. The molecule has 2 aromatic heterocycles. The Morgan fingerprint density at radius 2 is 1.81 bits per heavy atom. The molecule has 8 nitrogen and oxygen atoms in total. The number of aryl methyl sites for hydroxylation is 2. The molecule has 0 bridgehead atoms. The number of sulfonamides is 1. The SMILES string of the molecule is Cc1nc(Oc2ccc(NS(=O)(=O)c3cc(Cl)ccc3C)cc2)cc(-n2ccnc2)n1. The van der Waals surface area contributed by atoms with Crippen LogP contribution < -0.4 is 9.46 Å². The molecular formula is C21H18ClN5O3S. The summed E-state index contributed by atoms with van der Waals surface area (Å²) in [5.74, 6) is 2.03. The molecule has 4 rings (SSSR count). The summed E-state index contributed by atoms with van der Waals surface area (Å²) in [5, 5.41) is 0.352. The first kappa shape index (κ1) is 20.8. The number of nitrogens with one attached hydrogen (secondary N) is 1. The van der Waals surface area contributed by atoms with Crippen LogP contribution in [-0.2, 0) is 10.0 Å². The van der Waals surface area contributed by atoms with Gasteiger partial charge in [0.2, 0.25) is 5.88 Å². The Hall–Kier alpha value is -3.43. The van der Waals surface area contributed by atoms with Crippen molar-refractivity contribution in [3.63, 3.8) is 0 Å². The fourth-order valence-corrected chi connectivity index (χ4v) is 4.46. The third-order valence-electron chi connectivity index (χ3n) is 4.34. The monoisotopic (exact) mass is 455 g/mol. The molecule has 158 valence electrons. The number of ether oxygens (including phenoxy) is 1. The van der Waals surface area contributed by atoms with Gasteiger partial charge in [0, 0.05) is 29.2 Å². The Morgan fingerprint density at radius 1 is 1.03 bits per heavy atom. The van der Waals surface area contributed by atoms with E-state index in [2.05, 4.69) is 19.7 Å². The Labute approximate surface area is 184 Å². The molecule has 0 saturated carbocycles. The summed E-state index contributed by atoms with van der Waals surface area (Å²) in [5.41, 5.74) is 0.995. The maximum Gasteiger partial charge on any atom is 0.262 e. The van der Waals surface area contributed by atoms with Gasteiger partial charge in [0.25, 0.3) is 10.0 Å². The molecule has 2 heterocycles. The van der Waals surface area contributed by atoms with E-state index in [4.69, 9.17) is 16.3 Å². The van der Waals surface area contributed by atoms with Gasteiger partial charge in [-0.2, -0.15) is 4.98 Å². The van der Waals surface area contributed by atoms with E-state index in [0.29, 0.717) is 39.5 Å². The van der Waals surface area contributed by atoms with Crippen molar-refractivity contribution in [1.29, 1.82) is 0 Å². The molecule has 31 heavy (non-hydrogen) atoms. The predicted molar refractivity (Wildman–Crippen MR) is 117 cm³/mol. The van der Waals surface area contributed by atoms with Crippen LogP contribution in [0, 0.1) is 13.8 Å². The number of rotatable bonds is 6. The number of hydrogen-bond acceptors (Lipinski definition) is 6. The molecule has 0 unspecified atom stereocenters. The third kappa shape index (κ3) is 4.84. The van der Waals surface area contributed by atoms with Crippen molar-refractivity contribution >= 4 is 27.3 Å². The third-order valence-corrected chi connectivity index (χ3v) is 6.10. The smallest absolute Gasteiger partial charge is 0.262 e. The zero-order chi connectivity index (χ0) is 22.0. The Morgan fingerprint density at radius 3 is 2.52 bits per heavy atom. The van der Waals surface area contributed by atoms with Gasteiger partial charge in [0.15, 0.2) is 0 Å². The minimum atomic E-state index is -3.78. The molecule has 0 saturated heterocycles. The van der Waals surface area contributed by atoms with E-state index in [0.717, 1.165) is 0 Å². The largest absolute Gasteiger partial charge is 0.439 e. The van der Waals surface area contributed by atoms with Gasteiger partial charge >= 0.3 is 0 Å². The minimum absolute atomic E-state index is 0.129. The van der Waals surface area contributed by atoms with Crippen LogP contribution in [0.2, 0.25) is 5.02 Å². The van der Waals surface area contributed by atoms with Crippen molar-refractivity contribution in [2.45, 2.75) is 18.7 Å². The van der Waals surface area contributed by atoms with E-state index in [1.165, 1.54) is 6.07 Å². The Bertz CT molecular complexity index is 1320. The molecule has 0 aliphatic carbocycles. The molecule has 0 fully saturated rings. The van der Waals surface area contributed by atoms with E-state index >= 15 is 0 Å². The molecule has 10 heteroatoms. The maximum atomic E-state index is 12.7. The zero-order valence-electron chi connectivity index (χ0n) is 16.7. The lowest BCUT2D eigenvalue weighted by atomic mass is 10.2. The second-order valence-corrected chi connectivity index (χ2v) is 8.81. The maximum absolute atomic E-state index is 12.7. The van der Waals surface area contributed by atoms with Gasteiger partial charge in [-0.15, -0.1) is 0 Å². The zero-order valence-corrected chi connectivity index (χ0v) is 18.2. The first-order valence-corrected chi connectivity index (χ1v) is 11.1. The van der Waals surface area contributed by atoms with Crippen LogP contribution in [0.1, 0.15) is 11.4 Å². The summed E-state index contributed by atoms with van der Waals surface area (Å²) < 4.78 is 35.5. The summed E-state index contributed by atoms with van der Waals surface area (Å²) in [6.07, 6.45) is 5.06. The van der Waals surface area contributed by atoms with Gasteiger partial charge in [-0.25, -0.2) is 18.4 Å². The number of benzene rings is 2. The lowest BCUT2D eigenvalue weighted by Gasteiger charge is -2.12. The van der Waals surface area contributed by atoms with E-state index in [9.17, 15) is 8.42 Å². The summed E-state index contributed by atoms with van der Waals surface area (Å²) >= 11 is 5.95. The van der Waals surface area contributed by atoms with Gasteiger partial charge < -0.3 is 4.74 Å². The lowest BCUT2D eigenvalue weighted by molar-refractivity contribution is 0.459. The number of imidazole rings is 1. The fourth-order valence-electron chi connectivity index (χ4n) is 2.89. The minimum Gasteiger partial charge on any atom is -0.439 e. The highest BCUT2D eigenvalue weighted by Crippen LogP contribution is 2.26. The second kappa shape index (κ2) is 8.37. The average Bonchev–Trinajstić information content (AvgIpc) is 3.26. The highest BCUT2D eigenvalue weighted by molar-refractivity contribution is 7.92. The normalized spacial score (nSPS) is 11.3. The molecule has 2 aromatic carbocycles. The van der Waals surface area contributed by atoms with Gasteiger partial charge in [0.05, 0.1) is 4.90 Å². The average molecular weight is 456 g/mol. The van der Waals surface area contributed by atoms with Crippen molar-refractivity contribution < 1.29 is 13.2 Å². The molecule has 0 amide bonds. The summed E-state index contributed by atoms with van der Waals surface area (Å²) in [7, 11) is -3.78. The van der Waals surface area contributed by atoms with Gasteiger partial charge in [0.1, 0.15) is 23.7 Å². The molecule has 0 spiro atoms. The standard InChI is InChI=1S/C21H18ClN5O3S/c1-14-3-4-16(22)11-19(14)31(28,29)26-17-5-7-18(8-6-17)30-21-12-20(24-15(2)25-21)27-10-9-23-13-27/h3-13,26H,1-2H3. The number of hydrogen-bond donors (Lipinski definition) is 1. The number of aromatic nitrogens is 4. The van der Waals surface area contributed by atoms with Crippen molar-refractivity contribution in [2.24, 2.45) is 0 Å². The van der Waals surface area contributed by atoms with Crippen molar-refractivity contribution in [3.8, 4) is 17.4 Å². The van der Waals surface area contributed by atoms with Crippen LogP contribution in [0.5, 0.6) is 11.6 Å². The van der Waals surface area contributed by atoms with Crippen LogP contribution in [0.3, 0.4) is 0 Å². The van der Waals surface area contributed by atoms with Gasteiger partial charge in [-0.3, -0.25) is 9.29 Å². The van der Waals surface area contributed by atoms with E-state index in [1.54, 1.807) is 79.6 Å². The van der Waals surface area contributed by atoms with Crippen LogP contribution in [0.4, 0.5) is 5.69 Å². The lowest BCUT2D eigenvalue weighted by Crippen LogP contribution is -2.14. The van der Waals surface area contributed by atoms with E-state index in [-0.39, 0.29) is 4.90 Å². The van der Waals surface area contributed by atoms with Gasteiger partial charge in [-0.1, -0.05) is 17.7 Å². The number of halogens is 1. The molecule has 0 radical (unpaired) electrons. The van der Waals surface area contributed by atoms with Crippen LogP contribution in [0.15, 0.2) is 72.1 Å². The molecule has 1 N–H and O–H groups in total. The van der Waals surface area contributed by atoms with Crippen molar-refractivity contribution in [1.82, 2.24) is 19.5 Å². The van der Waals surface area contributed by atoms with Crippen LogP contribution in [-0.4, -0.2) is 27.9 Å². The summed E-state index contributed by atoms with van der Waals surface area (Å²) in [4.78, 5) is 12.8. The van der Waals surface area contributed by atoms with Gasteiger partial charge in [-0.05, 0) is 55.8 Å². The van der Waals surface area contributed by atoms with E-state index < -0.39 is 10.0 Å². The molecule has 0 aliphatic rings. The van der Waals surface area contributed by atoms with Crippen LogP contribution >= 0.6 is 11.6 Å². The van der Waals surface area contributed by atoms with Crippen LogP contribution in [0.25, 0.3) is 5.82 Å². The predicted octanol–water partition coefficient (Wildman–Crippen LogP) is 4.53. The van der Waals surface area contributed by atoms with Crippen molar-refractivity contribution in [2.75, 3.05) is 4.72 Å². The molecule has 0 aliphatic heterocycles. The second-order valence-electron chi connectivity index (χ2n) is 6.72. The summed E-state index contributed by atoms with van der Waals surface area (Å²) in [6, 6.07) is 12.9. The molecule has 4 aromatic rings. The topological polar surface area (TPSA) is 99.0 Å². The Balaban J connectivity index is 1.52. The van der Waals surface area contributed by atoms with E-state index in [1.807, 2.05) is 0 Å². The highest BCUT2D eigenvalue weighted by Gasteiger charge is 2.17. The Kier molecular flexibility index (Phi) is 5.62. The highest BCUT2D eigenvalue weighted by atomic mass is 35.5. The number of anilines is 1.